The summed E-state index contributed by atoms with van der Waals surface area (Å²) in [6, 6.07) is 13.4. The molecule has 0 aromatic heterocycles. The van der Waals surface area contributed by atoms with E-state index in [1.54, 1.807) is 36.0 Å². The molecule has 0 aliphatic rings. The van der Waals surface area contributed by atoms with Crippen LogP contribution in [-0.4, -0.2) is 18.8 Å². The Balaban J connectivity index is 1.97. The molecule has 120 valence electrons. The number of amides is 1. The Labute approximate surface area is 149 Å². The fourth-order valence-electron chi connectivity index (χ4n) is 1.94. The monoisotopic (exact) mass is 391 g/mol. The van der Waals surface area contributed by atoms with E-state index >= 15 is 0 Å². The summed E-state index contributed by atoms with van der Waals surface area (Å²) < 4.78 is 6.22. The molecule has 5 heteroatoms. The molecule has 0 aliphatic carbocycles. The van der Waals surface area contributed by atoms with Gasteiger partial charge in [-0.15, -0.1) is 11.8 Å². The number of ether oxygens (including phenoxy) is 1. The average molecular weight is 392 g/mol. The molecule has 0 bridgehead atoms. The van der Waals surface area contributed by atoms with Crippen LogP contribution in [0.25, 0.3) is 0 Å². The number of hydrogen-bond donors (Lipinski definition) is 1. The smallest absolute Gasteiger partial charge is 0.251 e. The molecule has 0 atom stereocenters. The highest BCUT2D eigenvalue weighted by Crippen LogP contribution is 2.26. The highest BCUT2D eigenvalue weighted by atomic mass is 79.9. The van der Waals surface area contributed by atoms with Gasteiger partial charge in [-0.05, 0) is 58.1 Å². The summed E-state index contributed by atoms with van der Waals surface area (Å²) in [5.41, 5.74) is 1.66. The number of halogens is 1. The third-order valence-corrected chi connectivity index (χ3v) is 4.53. The minimum Gasteiger partial charge on any atom is -0.488 e. The first-order valence-corrected chi connectivity index (χ1v) is 9.10. The Morgan fingerprint density at radius 2 is 2.04 bits per heavy atom. The van der Waals surface area contributed by atoms with Gasteiger partial charge < -0.3 is 10.1 Å². The van der Waals surface area contributed by atoms with E-state index in [0.29, 0.717) is 24.5 Å². The Hall–Kier alpha value is -1.72. The van der Waals surface area contributed by atoms with Crippen molar-refractivity contribution in [2.45, 2.75) is 11.4 Å². The third kappa shape index (κ3) is 5.15. The first-order valence-electron chi connectivity index (χ1n) is 7.08. The zero-order chi connectivity index (χ0) is 16.7. The first kappa shape index (κ1) is 17.6. The number of hydrogen-bond acceptors (Lipinski definition) is 3. The predicted molar refractivity (Wildman–Crippen MR) is 99.2 cm³/mol. The lowest BCUT2D eigenvalue weighted by Crippen LogP contribution is -2.22. The van der Waals surface area contributed by atoms with E-state index in [4.69, 9.17) is 4.74 Å². The predicted octanol–water partition coefficient (Wildman–Crippen LogP) is 4.67. The van der Waals surface area contributed by atoms with Gasteiger partial charge in [0.1, 0.15) is 12.4 Å². The van der Waals surface area contributed by atoms with Crippen molar-refractivity contribution in [1.82, 2.24) is 5.32 Å². The van der Waals surface area contributed by atoms with E-state index in [9.17, 15) is 4.79 Å². The van der Waals surface area contributed by atoms with Gasteiger partial charge in [0.25, 0.3) is 5.91 Å². The second-order valence-corrected chi connectivity index (χ2v) is 6.51. The Morgan fingerprint density at radius 3 is 2.65 bits per heavy atom. The zero-order valence-corrected chi connectivity index (χ0v) is 15.2. The molecule has 0 saturated carbocycles. The van der Waals surface area contributed by atoms with E-state index in [2.05, 4.69) is 40.0 Å². The normalized spacial score (nSPS) is 10.2. The lowest BCUT2D eigenvalue weighted by atomic mass is 10.2. The molecule has 3 nitrogen and oxygen atoms in total. The van der Waals surface area contributed by atoms with Crippen molar-refractivity contribution in [1.29, 1.82) is 0 Å². The quantitative estimate of drug-likeness (QED) is 0.550. The van der Waals surface area contributed by atoms with E-state index in [0.717, 1.165) is 10.0 Å². The summed E-state index contributed by atoms with van der Waals surface area (Å²) in [6.45, 7) is 4.54. The van der Waals surface area contributed by atoms with Crippen molar-refractivity contribution in [3.8, 4) is 5.75 Å². The van der Waals surface area contributed by atoms with Crippen molar-refractivity contribution >= 4 is 33.6 Å². The molecular formula is C18H18BrNO2S. The molecule has 0 fully saturated rings. The third-order valence-electron chi connectivity index (χ3n) is 3.16. The van der Waals surface area contributed by atoms with Crippen molar-refractivity contribution in [2.24, 2.45) is 0 Å². The molecule has 2 aromatic carbocycles. The number of carbonyl (C=O) groups excluding carboxylic acids is 1. The van der Waals surface area contributed by atoms with E-state index in [-0.39, 0.29) is 5.91 Å². The highest BCUT2D eigenvalue weighted by Gasteiger charge is 2.09. The molecule has 1 amide bonds. The van der Waals surface area contributed by atoms with Crippen molar-refractivity contribution in [3.63, 3.8) is 0 Å². The molecule has 0 radical (unpaired) electrons. The van der Waals surface area contributed by atoms with Gasteiger partial charge in [-0.25, -0.2) is 0 Å². The Morgan fingerprint density at radius 1 is 1.30 bits per heavy atom. The van der Waals surface area contributed by atoms with Gasteiger partial charge in [0.05, 0.1) is 4.47 Å². The summed E-state index contributed by atoms with van der Waals surface area (Å²) in [7, 11) is 0. The maximum Gasteiger partial charge on any atom is 0.251 e. The van der Waals surface area contributed by atoms with Crippen LogP contribution >= 0.6 is 27.7 Å². The molecule has 2 rings (SSSR count). The van der Waals surface area contributed by atoms with E-state index < -0.39 is 0 Å². The summed E-state index contributed by atoms with van der Waals surface area (Å²) >= 11 is 5.11. The maximum absolute atomic E-state index is 12.2. The number of nitrogens with one attached hydrogen (secondary N) is 1. The molecule has 1 N–H and O–H groups in total. The Kier molecular flexibility index (Phi) is 6.74. The van der Waals surface area contributed by atoms with Gasteiger partial charge >= 0.3 is 0 Å². The van der Waals surface area contributed by atoms with Gasteiger partial charge in [0.2, 0.25) is 0 Å². The van der Waals surface area contributed by atoms with Gasteiger partial charge in [-0.2, -0.15) is 0 Å². The molecule has 2 aromatic rings. The van der Waals surface area contributed by atoms with Gasteiger partial charge in [-0.3, -0.25) is 4.79 Å². The van der Waals surface area contributed by atoms with Crippen LogP contribution < -0.4 is 10.1 Å². The average Bonchev–Trinajstić information content (AvgIpc) is 2.59. The molecular weight excluding hydrogens is 374 g/mol. The zero-order valence-electron chi connectivity index (χ0n) is 12.8. The molecule has 0 spiro atoms. The summed E-state index contributed by atoms with van der Waals surface area (Å²) in [5, 5.41) is 2.92. The summed E-state index contributed by atoms with van der Waals surface area (Å²) in [4.78, 5) is 13.4. The SMILES string of the molecule is C=CCOc1ccc(C(=O)NCc2ccc(SC)cc2)cc1Br. The van der Waals surface area contributed by atoms with Gasteiger partial charge in [0, 0.05) is 17.0 Å². The van der Waals surface area contributed by atoms with Crippen LogP contribution in [0.3, 0.4) is 0 Å². The number of rotatable bonds is 7. The molecule has 0 unspecified atom stereocenters. The summed E-state index contributed by atoms with van der Waals surface area (Å²) in [6.07, 6.45) is 3.71. The fourth-order valence-corrected chi connectivity index (χ4v) is 2.84. The van der Waals surface area contributed by atoms with Gasteiger partial charge in [-0.1, -0.05) is 24.8 Å². The lowest BCUT2D eigenvalue weighted by Gasteiger charge is -2.09. The highest BCUT2D eigenvalue weighted by molar-refractivity contribution is 9.10. The topological polar surface area (TPSA) is 38.3 Å². The minimum atomic E-state index is -0.116. The number of carbonyl (C=O) groups is 1. The molecule has 0 aliphatic heterocycles. The maximum atomic E-state index is 12.2. The van der Waals surface area contributed by atoms with Crippen molar-refractivity contribution < 1.29 is 9.53 Å². The largest absolute Gasteiger partial charge is 0.488 e. The summed E-state index contributed by atoms with van der Waals surface area (Å²) in [5.74, 6) is 0.573. The van der Waals surface area contributed by atoms with Crippen LogP contribution in [0.2, 0.25) is 0 Å². The fraction of sp³-hybridized carbons (Fsp3) is 0.167. The van der Waals surface area contributed by atoms with E-state index in [1.807, 2.05) is 18.4 Å². The van der Waals surface area contributed by atoms with Crippen molar-refractivity contribution in [2.75, 3.05) is 12.9 Å². The standard InChI is InChI=1S/C18H18BrNO2S/c1-3-10-22-17-9-6-14(11-16(17)19)18(21)20-12-13-4-7-15(23-2)8-5-13/h3-9,11H,1,10,12H2,2H3,(H,20,21). The molecule has 0 heterocycles. The second-order valence-electron chi connectivity index (χ2n) is 4.78. The number of thioether (sulfide) groups is 1. The van der Waals surface area contributed by atoms with Gasteiger partial charge in [0.15, 0.2) is 0 Å². The lowest BCUT2D eigenvalue weighted by molar-refractivity contribution is 0.0951. The minimum absolute atomic E-state index is 0.116. The molecule has 23 heavy (non-hydrogen) atoms. The number of benzene rings is 2. The Bertz CT molecular complexity index is 686. The van der Waals surface area contributed by atoms with Crippen LogP contribution in [0, 0.1) is 0 Å². The van der Waals surface area contributed by atoms with Crippen LogP contribution in [0.4, 0.5) is 0 Å². The van der Waals surface area contributed by atoms with Crippen LogP contribution in [-0.2, 0) is 6.54 Å². The van der Waals surface area contributed by atoms with Crippen LogP contribution in [0.5, 0.6) is 5.75 Å². The second kappa shape index (κ2) is 8.79. The van der Waals surface area contributed by atoms with Crippen LogP contribution in [0.15, 0.2) is 64.5 Å². The van der Waals surface area contributed by atoms with Crippen LogP contribution in [0.1, 0.15) is 15.9 Å². The van der Waals surface area contributed by atoms with Crippen molar-refractivity contribution in [3.05, 3.63) is 70.7 Å². The first-order chi connectivity index (χ1) is 11.1. The van der Waals surface area contributed by atoms with E-state index in [1.165, 1.54) is 4.90 Å². The molecule has 0 saturated heterocycles.